The molecule has 2 heterocycles. The molecule has 8 heteroatoms. The normalized spacial score (nSPS) is 16.1. The molecule has 0 spiro atoms. The van der Waals surface area contributed by atoms with E-state index in [1.54, 1.807) is 24.0 Å². The van der Waals surface area contributed by atoms with Crippen LogP contribution in [0.4, 0.5) is 11.5 Å². The van der Waals surface area contributed by atoms with E-state index in [1.165, 1.54) is 6.20 Å². The van der Waals surface area contributed by atoms with E-state index in [1.807, 2.05) is 0 Å². The number of anilines is 2. The van der Waals surface area contributed by atoms with Crippen molar-refractivity contribution in [2.24, 2.45) is 0 Å². The molecule has 1 aliphatic rings. The Kier molecular flexibility index (Phi) is 4.43. The molecule has 1 saturated heterocycles. The van der Waals surface area contributed by atoms with Crippen molar-refractivity contribution in [2.75, 3.05) is 41.6 Å². The van der Waals surface area contributed by atoms with E-state index >= 15 is 0 Å². The molecule has 2 rings (SSSR count). The van der Waals surface area contributed by atoms with Crippen molar-refractivity contribution in [3.63, 3.8) is 0 Å². The first kappa shape index (κ1) is 14.6. The summed E-state index contributed by atoms with van der Waals surface area (Å²) in [6.07, 6.45) is 2.36. The van der Waals surface area contributed by atoms with E-state index in [-0.39, 0.29) is 5.75 Å². The van der Waals surface area contributed by atoms with E-state index < -0.39 is 10.0 Å². The van der Waals surface area contributed by atoms with Crippen LogP contribution in [0.3, 0.4) is 0 Å². The van der Waals surface area contributed by atoms with Crippen LogP contribution in [0.25, 0.3) is 0 Å². The van der Waals surface area contributed by atoms with Crippen LogP contribution in [0, 0.1) is 0 Å². The van der Waals surface area contributed by atoms with Gasteiger partial charge in [0.1, 0.15) is 5.82 Å². The number of aromatic nitrogens is 1. The second kappa shape index (κ2) is 6.08. The summed E-state index contributed by atoms with van der Waals surface area (Å²) in [4.78, 5) is 18.7. The van der Waals surface area contributed by atoms with Crippen LogP contribution >= 0.6 is 0 Å². The predicted molar refractivity (Wildman–Crippen MR) is 77.2 cm³/mol. The van der Waals surface area contributed by atoms with E-state index in [9.17, 15) is 13.2 Å². The molecule has 0 saturated carbocycles. The summed E-state index contributed by atoms with van der Waals surface area (Å²) in [5.41, 5.74) is 0.460. The third-order valence-electron chi connectivity index (χ3n) is 3.19. The summed E-state index contributed by atoms with van der Waals surface area (Å²) in [7, 11) is -3.27. The molecule has 7 nitrogen and oxygen atoms in total. The molecule has 0 aromatic carbocycles. The van der Waals surface area contributed by atoms with Gasteiger partial charge < -0.3 is 9.80 Å². The Labute approximate surface area is 118 Å². The van der Waals surface area contributed by atoms with Crippen molar-refractivity contribution < 1.29 is 13.2 Å². The van der Waals surface area contributed by atoms with Gasteiger partial charge in [-0.05, 0) is 19.1 Å². The lowest BCUT2D eigenvalue weighted by molar-refractivity contribution is -0.118. The summed E-state index contributed by atoms with van der Waals surface area (Å²) in [5, 5.41) is 0. The molecule has 110 valence electrons. The van der Waals surface area contributed by atoms with E-state index in [0.717, 1.165) is 25.3 Å². The second-order valence-corrected chi connectivity index (χ2v) is 6.55. The number of hydrogen-bond acceptors (Lipinski definition) is 5. The molecule has 1 aromatic rings. The molecule has 0 aliphatic carbocycles. The number of carbonyl (C=O) groups excluding carboxylic acids is 1. The van der Waals surface area contributed by atoms with Crippen molar-refractivity contribution in [3.8, 4) is 0 Å². The molecular weight excluding hydrogens is 280 g/mol. The van der Waals surface area contributed by atoms with Gasteiger partial charge in [-0.1, -0.05) is 0 Å². The minimum atomic E-state index is -3.27. The van der Waals surface area contributed by atoms with Crippen LogP contribution in [-0.4, -0.2) is 56.6 Å². The molecule has 1 aliphatic heterocycles. The van der Waals surface area contributed by atoms with Gasteiger partial charge >= 0.3 is 0 Å². The molecule has 0 bridgehead atoms. The van der Waals surface area contributed by atoms with Crippen LogP contribution in [0.5, 0.6) is 0 Å². The van der Waals surface area contributed by atoms with Crippen LogP contribution in [0.2, 0.25) is 0 Å². The SMILES string of the molecule is CCS(=O)(=O)Nc1ccc(N2CCN(C=O)CC2)nc1. The number of rotatable bonds is 5. The Morgan fingerprint density at radius 3 is 2.50 bits per heavy atom. The maximum absolute atomic E-state index is 11.4. The number of nitrogens with zero attached hydrogens (tertiary/aromatic N) is 3. The minimum absolute atomic E-state index is 0.0302. The number of sulfonamides is 1. The number of piperazine rings is 1. The van der Waals surface area contributed by atoms with Gasteiger partial charge in [0.2, 0.25) is 16.4 Å². The van der Waals surface area contributed by atoms with Crippen molar-refractivity contribution in [1.82, 2.24) is 9.88 Å². The number of hydrogen-bond donors (Lipinski definition) is 1. The predicted octanol–water partition coefficient (Wildman–Crippen LogP) is 0.122. The quantitative estimate of drug-likeness (QED) is 0.781. The Morgan fingerprint density at radius 1 is 1.30 bits per heavy atom. The monoisotopic (exact) mass is 298 g/mol. The zero-order valence-corrected chi connectivity index (χ0v) is 12.1. The van der Waals surface area contributed by atoms with Crippen molar-refractivity contribution in [2.45, 2.75) is 6.92 Å². The number of carbonyl (C=O) groups is 1. The van der Waals surface area contributed by atoms with Gasteiger partial charge in [-0.2, -0.15) is 0 Å². The molecule has 0 radical (unpaired) electrons. The van der Waals surface area contributed by atoms with E-state index in [0.29, 0.717) is 18.8 Å². The second-order valence-electron chi connectivity index (χ2n) is 4.54. The number of amides is 1. The first-order valence-corrected chi connectivity index (χ1v) is 8.10. The van der Waals surface area contributed by atoms with Gasteiger partial charge in [0, 0.05) is 26.2 Å². The summed E-state index contributed by atoms with van der Waals surface area (Å²) in [5.74, 6) is 0.817. The maximum atomic E-state index is 11.4. The molecular formula is C12H18N4O3S. The average Bonchev–Trinajstić information content (AvgIpc) is 2.48. The highest BCUT2D eigenvalue weighted by atomic mass is 32.2. The summed E-state index contributed by atoms with van der Waals surface area (Å²) >= 11 is 0. The molecule has 0 atom stereocenters. The minimum Gasteiger partial charge on any atom is -0.353 e. The highest BCUT2D eigenvalue weighted by Crippen LogP contribution is 2.16. The summed E-state index contributed by atoms with van der Waals surface area (Å²) < 4.78 is 25.3. The van der Waals surface area contributed by atoms with Crippen LogP contribution < -0.4 is 9.62 Å². The lowest BCUT2D eigenvalue weighted by Crippen LogP contribution is -2.46. The molecule has 20 heavy (non-hydrogen) atoms. The highest BCUT2D eigenvalue weighted by molar-refractivity contribution is 7.92. The lowest BCUT2D eigenvalue weighted by atomic mass is 10.3. The first-order valence-electron chi connectivity index (χ1n) is 6.45. The van der Waals surface area contributed by atoms with E-state index in [4.69, 9.17) is 0 Å². The fourth-order valence-electron chi connectivity index (χ4n) is 1.94. The Bertz CT molecular complexity index is 551. The molecule has 1 amide bonds. The standard InChI is InChI=1S/C12H18N4O3S/c1-2-20(18,19)14-11-3-4-12(13-9-11)16-7-5-15(10-17)6-8-16/h3-4,9-10,14H,2,5-8H2,1H3. The van der Waals surface area contributed by atoms with Crippen molar-refractivity contribution >= 4 is 27.9 Å². The molecule has 1 aromatic heterocycles. The van der Waals surface area contributed by atoms with Gasteiger partial charge in [0.25, 0.3) is 0 Å². The van der Waals surface area contributed by atoms with Crippen LogP contribution in [0.1, 0.15) is 6.92 Å². The first-order chi connectivity index (χ1) is 9.54. The zero-order chi connectivity index (χ0) is 14.6. The molecule has 1 fully saturated rings. The van der Waals surface area contributed by atoms with Gasteiger partial charge in [-0.15, -0.1) is 0 Å². The van der Waals surface area contributed by atoms with Gasteiger partial charge in [0.05, 0.1) is 17.6 Å². The average molecular weight is 298 g/mol. The van der Waals surface area contributed by atoms with Gasteiger partial charge in [-0.25, -0.2) is 13.4 Å². The Hall–Kier alpha value is -1.83. The van der Waals surface area contributed by atoms with Crippen molar-refractivity contribution in [1.29, 1.82) is 0 Å². The highest BCUT2D eigenvalue weighted by Gasteiger charge is 2.16. The van der Waals surface area contributed by atoms with E-state index in [2.05, 4.69) is 14.6 Å². The maximum Gasteiger partial charge on any atom is 0.232 e. The molecule has 1 N–H and O–H groups in total. The fraction of sp³-hybridized carbons (Fsp3) is 0.500. The number of pyridine rings is 1. The third kappa shape index (κ3) is 3.60. The van der Waals surface area contributed by atoms with Crippen molar-refractivity contribution in [3.05, 3.63) is 18.3 Å². The Morgan fingerprint density at radius 2 is 2.00 bits per heavy atom. The fourth-order valence-corrected chi connectivity index (χ4v) is 2.57. The number of nitrogens with one attached hydrogen (secondary N) is 1. The summed E-state index contributed by atoms with van der Waals surface area (Å²) in [6, 6.07) is 3.48. The zero-order valence-electron chi connectivity index (χ0n) is 11.3. The largest absolute Gasteiger partial charge is 0.353 e. The van der Waals surface area contributed by atoms with Gasteiger partial charge in [0.15, 0.2) is 0 Å². The summed E-state index contributed by atoms with van der Waals surface area (Å²) in [6.45, 7) is 4.39. The topological polar surface area (TPSA) is 82.6 Å². The van der Waals surface area contributed by atoms with Gasteiger partial charge in [-0.3, -0.25) is 9.52 Å². The Balaban J connectivity index is 2.00. The van der Waals surface area contributed by atoms with Crippen LogP contribution in [0.15, 0.2) is 18.3 Å². The molecule has 0 unspecified atom stereocenters. The lowest BCUT2D eigenvalue weighted by Gasteiger charge is -2.33. The smallest absolute Gasteiger partial charge is 0.232 e. The van der Waals surface area contributed by atoms with Crippen LogP contribution in [-0.2, 0) is 14.8 Å². The third-order valence-corrected chi connectivity index (χ3v) is 4.50.